The van der Waals surface area contributed by atoms with Crippen molar-refractivity contribution in [3.8, 4) is 78.7 Å². The van der Waals surface area contributed by atoms with Gasteiger partial charge in [-0.25, -0.2) is 15.0 Å². The molecule has 72 heavy (non-hydrogen) atoms. The van der Waals surface area contributed by atoms with Crippen LogP contribution in [0.4, 0.5) is 0 Å². The van der Waals surface area contributed by atoms with Crippen LogP contribution in [0.25, 0.3) is 100 Å². The van der Waals surface area contributed by atoms with Crippen LogP contribution < -0.4 is 0 Å². The van der Waals surface area contributed by atoms with Gasteiger partial charge in [-0.1, -0.05) is 249 Å². The van der Waals surface area contributed by atoms with E-state index in [0.29, 0.717) is 17.5 Å². The molecule has 0 saturated carbocycles. The fourth-order valence-electron chi connectivity index (χ4n) is 11.0. The molecule has 12 rings (SSSR count). The normalized spacial score (nSPS) is 11.4. The first-order valence-electron chi connectivity index (χ1n) is 24.8. The second kappa shape index (κ2) is 19.0. The van der Waals surface area contributed by atoms with Gasteiger partial charge in [0.15, 0.2) is 17.5 Å². The highest BCUT2D eigenvalue weighted by molar-refractivity contribution is 6.22. The van der Waals surface area contributed by atoms with Crippen LogP contribution in [0, 0.1) is 20.8 Å². The minimum atomic E-state index is -0.180. The molecule has 11 aromatic carbocycles. The first kappa shape index (κ1) is 44.2. The van der Waals surface area contributed by atoms with Crippen molar-refractivity contribution in [3.63, 3.8) is 0 Å². The summed E-state index contributed by atoms with van der Waals surface area (Å²) in [7, 11) is 0. The average Bonchev–Trinajstić information content (AvgIpc) is 3.44. The summed E-state index contributed by atoms with van der Waals surface area (Å²) < 4.78 is 0. The maximum atomic E-state index is 5.34. The summed E-state index contributed by atoms with van der Waals surface area (Å²) in [4.78, 5) is 15.8. The Kier molecular flexibility index (Phi) is 11.7. The molecule has 0 bridgehead atoms. The van der Waals surface area contributed by atoms with Gasteiger partial charge in [-0.3, -0.25) is 0 Å². The molecule has 0 saturated heterocycles. The first-order chi connectivity index (χ1) is 35.5. The first-order valence-corrected chi connectivity index (χ1v) is 24.8. The molecule has 0 fully saturated rings. The van der Waals surface area contributed by atoms with Crippen LogP contribution in [0.15, 0.2) is 249 Å². The van der Waals surface area contributed by atoms with E-state index < -0.39 is 0 Å². The van der Waals surface area contributed by atoms with Gasteiger partial charge in [0.2, 0.25) is 0 Å². The standard InChI is InChI=1S/C69H51N3/c1-45-25-10-13-32-50(45)53-35-16-18-37-55(53)64(56-38-19-17-36-54(56)51-33-14-11-26-46(51)2)61-43-24-44-62(63(61)52-34-15-12-27-47(52)3)65-57-39-20-22-41-59(57)66(60-42-23-21-40-58(60)65)69-71-67(48-28-6-4-7-29-48)70-68(72-69)49-30-8-5-9-31-49/h4-44,64H,1-3H3. The lowest BCUT2D eigenvalue weighted by atomic mass is 9.73. The molecule has 1 aromatic heterocycles. The molecule has 0 N–H and O–H groups in total. The van der Waals surface area contributed by atoms with Gasteiger partial charge in [0.1, 0.15) is 0 Å². The number of rotatable bonds is 10. The zero-order chi connectivity index (χ0) is 48.5. The molecule has 342 valence electrons. The van der Waals surface area contributed by atoms with E-state index in [1.165, 1.54) is 72.3 Å². The van der Waals surface area contributed by atoms with Crippen molar-refractivity contribution in [1.82, 2.24) is 15.0 Å². The van der Waals surface area contributed by atoms with Gasteiger partial charge in [-0.2, -0.15) is 0 Å². The van der Waals surface area contributed by atoms with Crippen LogP contribution in [-0.4, -0.2) is 15.0 Å². The summed E-state index contributed by atoms with van der Waals surface area (Å²) >= 11 is 0. The van der Waals surface area contributed by atoms with Crippen LogP contribution in [0.1, 0.15) is 39.3 Å². The second-order valence-corrected chi connectivity index (χ2v) is 18.7. The van der Waals surface area contributed by atoms with Gasteiger partial charge in [0, 0.05) is 22.6 Å². The molecule has 0 unspecified atom stereocenters. The smallest absolute Gasteiger partial charge is 0.165 e. The summed E-state index contributed by atoms with van der Waals surface area (Å²) in [5.41, 5.74) is 19.9. The topological polar surface area (TPSA) is 38.7 Å². The number of nitrogens with zero attached hydrogens (tertiary/aromatic N) is 3. The Morgan fingerprint density at radius 1 is 0.236 bits per heavy atom. The van der Waals surface area contributed by atoms with Crippen molar-refractivity contribution < 1.29 is 0 Å². The van der Waals surface area contributed by atoms with Crippen LogP contribution in [-0.2, 0) is 0 Å². The Labute approximate surface area is 421 Å². The quantitative estimate of drug-likeness (QED) is 0.101. The van der Waals surface area contributed by atoms with E-state index in [-0.39, 0.29) is 5.92 Å². The molecule has 1 heterocycles. The highest BCUT2D eigenvalue weighted by Gasteiger charge is 2.30. The van der Waals surface area contributed by atoms with E-state index >= 15 is 0 Å². The molecule has 0 atom stereocenters. The predicted octanol–water partition coefficient (Wildman–Crippen LogP) is 18.0. The molecular weight excluding hydrogens is 871 g/mol. The Morgan fingerprint density at radius 3 is 1.03 bits per heavy atom. The average molecular weight is 922 g/mol. The molecule has 0 aliphatic rings. The van der Waals surface area contributed by atoms with Crippen LogP contribution in [0.3, 0.4) is 0 Å². The molecule has 0 radical (unpaired) electrons. The summed E-state index contributed by atoms with van der Waals surface area (Å²) in [5, 5.41) is 4.39. The summed E-state index contributed by atoms with van der Waals surface area (Å²) in [6, 6.07) is 89.8. The zero-order valence-corrected chi connectivity index (χ0v) is 40.6. The lowest BCUT2D eigenvalue weighted by molar-refractivity contribution is 0.983. The zero-order valence-electron chi connectivity index (χ0n) is 40.6. The summed E-state index contributed by atoms with van der Waals surface area (Å²) in [6.45, 7) is 6.70. The monoisotopic (exact) mass is 921 g/mol. The number of benzene rings is 11. The van der Waals surface area contributed by atoms with Gasteiger partial charge in [0.25, 0.3) is 0 Å². The van der Waals surface area contributed by atoms with Crippen molar-refractivity contribution in [2.45, 2.75) is 26.7 Å². The van der Waals surface area contributed by atoms with E-state index in [4.69, 9.17) is 15.0 Å². The summed E-state index contributed by atoms with van der Waals surface area (Å²) in [6.07, 6.45) is 0. The van der Waals surface area contributed by atoms with Crippen molar-refractivity contribution in [2.24, 2.45) is 0 Å². The summed E-state index contributed by atoms with van der Waals surface area (Å²) in [5.74, 6) is 1.72. The number of hydrogen-bond donors (Lipinski definition) is 0. The van der Waals surface area contributed by atoms with Crippen molar-refractivity contribution in [2.75, 3.05) is 0 Å². The minimum absolute atomic E-state index is 0.180. The highest BCUT2D eigenvalue weighted by atomic mass is 15.0. The molecule has 0 aliphatic heterocycles. The molecule has 3 nitrogen and oxygen atoms in total. The van der Waals surface area contributed by atoms with E-state index in [0.717, 1.165) is 43.8 Å². The third-order valence-corrected chi connectivity index (χ3v) is 14.4. The highest BCUT2D eigenvalue weighted by Crippen LogP contribution is 2.51. The number of fused-ring (bicyclic) bond motifs is 2. The van der Waals surface area contributed by atoms with Crippen LogP contribution in [0.2, 0.25) is 0 Å². The number of aryl methyl sites for hydroxylation is 3. The van der Waals surface area contributed by atoms with Gasteiger partial charge in [-0.15, -0.1) is 0 Å². The van der Waals surface area contributed by atoms with Gasteiger partial charge in [-0.05, 0) is 120 Å². The lowest BCUT2D eigenvalue weighted by Crippen LogP contribution is -2.10. The molecule has 12 aromatic rings. The van der Waals surface area contributed by atoms with Gasteiger partial charge < -0.3 is 0 Å². The van der Waals surface area contributed by atoms with E-state index in [2.05, 4.69) is 233 Å². The third-order valence-electron chi connectivity index (χ3n) is 14.4. The SMILES string of the molecule is Cc1ccccc1-c1ccccc1C(c1ccccc1-c1ccccc1C)c1cccc(-c2c3ccccc3c(-c3nc(-c4ccccc4)nc(-c4ccccc4)n3)c3ccccc23)c1-c1ccccc1C. The molecular formula is C69H51N3. The second-order valence-electron chi connectivity index (χ2n) is 18.7. The lowest BCUT2D eigenvalue weighted by Gasteiger charge is -2.29. The predicted molar refractivity (Wildman–Crippen MR) is 301 cm³/mol. The molecule has 3 heteroatoms. The van der Waals surface area contributed by atoms with Gasteiger partial charge in [0.05, 0.1) is 0 Å². The largest absolute Gasteiger partial charge is 0.208 e. The molecule has 0 amide bonds. The fraction of sp³-hybridized carbons (Fsp3) is 0.0580. The van der Waals surface area contributed by atoms with Crippen molar-refractivity contribution >= 4 is 21.5 Å². The number of aromatic nitrogens is 3. The van der Waals surface area contributed by atoms with Crippen molar-refractivity contribution in [1.29, 1.82) is 0 Å². The van der Waals surface area contributed by atoms with E-state index in [1.54, 1.807) is 0 Å². The molecule has 0 aliphatic carbocycles. The minimum Gasteiger partial charge on any atom is -0.208 e. The Balaban J connectivity index is 1.19. The van der Waals surface area contributed by atoms with Gasteiger partial charge >= 0.3 is 0 Å². The Bertz CT molecular complexity index is 3760. The van der Waals surface area contributed by atoms with Crippen LogP contribution in [0.5, 0.6) is 0 Å². The maximum absolute atomic E-state index is 5.34. The Hall–Kier alpha value is -9.05. The third kappa shape index (κ3) is 7.95. The van der Waals surface area contributed by atoms with E-state index in [9.17, 15) is 0 Å². The Morgan fingerprint density at radius 2 is 0.569 bits per heavy atom. The fourth-order valence-corrected chi connectivity index (χ4v) is 11.0. The maximum Gasteiger partial charge on any atom is 0.165 e. The number of hydrogen-bond acceptors (Lipinski definition) is 3. The van der Waals surface area contributed by atoms with Crippen molar-refractivity contribution in [3.05, 3.63) is 282 Å². The van der Waals surface area contributed by atoms with Crippen LogP contribution >= 0.6 is 0 Å². The van der Waals surface area contributed by atoms with E-state index in [1.807, 2.05) is 36.4 Å². The molecule has 0 spiro atoms.